The van der Waals surface area contributed by atoms with Crippen LogP contribution in [-0.2, 0) is 18.6 Å². The third-order valence-electron chi connectivity index (χ3n) is 5.74. The second-order valence-corrected chi connectivity index (χ2v) is 8.28. The van der Waals surface area contributed by atoms with Crippen LogP contribution in [0.4, 0.5) is 17.6 Å². The number of halogens is 4. The Morgan fingerprint density at radius 3 is 2.55 bits per heavy atom. The third kappa shape index (κ3) is 4.46. The highest BCUT2D eigenvalue weighted by atomic mass is 19.3. The molecule has 2 heterocycles. The summed E-state index contributed by atoms with van der Waals surface area (Å²) in [5.74, 6) is -3.70. The SMILES string of the molecule is Cc1cc(F)c(CNC(C)(CCn2cccn2)c2nnnn2C2CC(F)(F)C2)c(F)c1. The predicted molar refractivity (Wildman–Crippen MR) is 103 cm³/mol. The second kappa shape index (κ2) is 8.03. The average molecular weight is 437 g/mol. The molecular weight excluding hydrogens is 414 g/mol. The van der Waals surface area contributed by atoms with E-state index in [1.54, 1.807) is 37.0 Å². The summed E-state index contributed by atoms with van der Waals surface area (Å²) in [5, 5.41) is 19.1. The molecule has 0 spiro atoms. The van der Waals surface area contributed by atoms with Crippen LogP contribution < -0.4 is 5.32 Å². The molecule has 1 aliphatic carbocycles. The maximum Gasteiger partial charge on any atom is 0.252 e. The number of nitrogens with one attached hydrogen (secondary N) is 1. The first-order chi connectivity index (χ1) is 14.7. The van der Waals surface area contributed by atoms with Crippen molar-refractivity contribution in [3.63, 3.8) is 0 Å². The molecule has 0 amide bonds. The number of benzene rings is 1. The van der Waals surface area contributed by atoms with E-state index in [-0.39, 0.29) is 24.9 Å². The van der Waals surface area contributed by atoms with Crippen LogP contribution in [0.3, 0.4) is 0 Å². The van der Waals surface area contributed by atoms with Gasteiger partial charge in [-0.3, -0.25) is 4.68 Å². The van der Waals surface area contributed by atoms with E-state index in [4.69, 9.17) is 0 Å². The van der Waals surface area contributed by atoms with Crippen molar-refractivity contribution < 1.29 is 17.6 Å². The Morgan fingerprint density at radius 1 is 1.23 bits per heavy atom. The van der Waals surface area contributed by atoms with Gasteiger partial charge in [-0.2, -0.15) is 5.10 Å². The van der Waals surface area contributed by atoms with Crippen LogP contribution in [0.2, 0.25) is 0 Å². The zero-order valence-electron chi connectivity index (χ0n) is 17.2. The summed E-state index contributed by atoms with van der Waals surface area (Å²) in [7, 11) is 0. The molecule has 1 fully saturated rings. The average Bonchev–Trinajstić information content (AvgIpc) is 3.35. The number of aromatic nitrogens is 6. The molecule has 1 aromatic carbocycles. The fraction of sp³-hybridized carbons (Fsp3) is 0.500. The van der Waals surface area contributed by atoms with E-state index in [2.05, 4.69) is 25.9 Å². The first kappa shape index (κ1) is 21.4. The highest BCUT2D eigenvalue weighted by Crippen LogP contribution is 2.46. The van der Waals surface area contributed by atoms with Crippen molar-refractivity contribution in [2.45, 2.75) is 63.7 Å². The molecule has 0 aliphatic heterocycles. The third-order valence-corrected chi connectivity index (χ3v) is 5.74. The predicted octanol–water partition coefficient (Wildman–Crippen LogP) is 3.52. The molecule has 0 bridgehead atoms. The molecule has 1 unspecified atom stereocenters. The molecule has 7 nitrogen and oxygen atoms in total. The van der Waals surface area contributed by atoms with Crippen LogP contribution >= 0.6 is 0 Å². The quantitative estimate of drug-likeness (QED) is 0.546. The van der Waals surface area contributed by atoms with Gasteiger partial charge in [0.15, 0.2) is 5.82 Å². The molecule has 166 valence electrons. The van der Waals surface area contributed by atoms with Gasteiger partial charge in [-0.15, -0.1) is 5.10 Å². The number of alkyl halides is 2. The van der Waals surface area contributed by atoms with Crippen molar-refractivity contribution in [2.75, 3.05) is 0 Å². The van der Waals surface area contributed by atoms with Crippen LogP contribution in [0.5, 0.6) is 0 Å². The van der Waals surface area contributed by atoms with Crippen LogP contribution in [-0.4, -0.2) is 35.9 Å². The maximum absolute atomic E-state index is 14.4. The maximum atomic E-state index is 14.4. The van der Waals surface area contributed by atoms with Gasteiger partial charge in [0, 0.05) is 43.9 Å². The van der Waals surface area contributed by atoms with Gasteiger partial charge >= 0.3 is 0 Å². The lowest BCUT2D eigenvalue weighted by atomic mass is 9.87. The number of hydrogen-bond donors (Lipinski definition) is 1. The summed E-state index contributed by atoms with van der Waals surface area (Å²) in [5.41, 5.74) is -0.579. The van der Waals surface area contributed by atoms with Crippen molar-refractivity contribution in [1.82, 2.24) is 35.3 Å². The minimum Gasteiger partial charge on any atom is -0.301 e. The topological polar surface area (TPSA) is 73.5 Å². The molecule has 1 saturated carbocycles. The Hall–Kier alpha value is -2.82. The Kier molecular flexibility index (Phi) is 5.54. The second-order valence-electron chi connectivity index (χ2n) is 8.28. The molecule has 3 aromatic rings. The van der Waals surface area contributed by atoms with Crippen molar-refractivity contribution >= 4 is 0 Å². The summed E-state index contributed by atoms with van der Waals surface area (Å²) in [6.07, 6.45) is 3.15. The molecule has 1 N–H and O–H groups in total. The van der Waals surface area contributed by atoms with E-state index in [0.29, 0.717) is 24.4 Å². The number of rotatable bonds is 8. The van der Waals surface area contributed by atoms with Gasteiger partial charge in [0.25, 0.3) is 5.92 Å². The molecule has 31 heavy (non-hydrogen) atoms. The lowest BCUT2D eigenvalue weighted by Crippen LogP contribution is -2.46. The molecule has 11 heteroatoms. The summed E-state index contributed by atoms with van der Waals surface area (Å²) in [6.45, 7) is 3.74. The fourth-order valence-electron chi connectivity index (χ4n) is 3.84. The summed E-state index contributed by atoms with van der Waals surface area (Å²) in [6, 6.07) is 3.78. The zero-order chi connectivity index (χ0) is 22.2. The summed E-state index contributed by atoms with van der Waals surface area (Å²) in [4.78, 5) is 0. The molecule has 1 atom stereocenters. The highest BCUT2D eigenvalue weighted by molar-refractivity contribution is 5.25. The van der Waals surface area contributed by atoms with E-state index in [1.807, 2.05) is 0 Å². The van der Waals surface area contributed by atoms with Crippen molar-refractivity contribution in [1.29, 1.82) is 0 Å². The number of tetrazole rings is 1. The van der Waals surface area contributed by atoms with Crippen molar-refractivity contribution in [3.05, 3.63) is 59.2 Å². The molecule has 2 aromatic heterocycles. The minimum absolute atomic E-state index is 0.106. The first-order valence-corrected chi connectivity index (χ1v) is 10.00. The van der Waals surface area contributed by atoms with Gasteiger partial charge in [-0.1, -0.05) is 0 Å². The first-order valence-electron chi connectivity index (χ1n) is 10.00. The Bertz CT molecular complexity index is 1020. The van der Waals surface area contributed by atoms with E-state index < -0.39 is 29.1 Å². The van der Waals surface area contributed by atoms with Gasteiger partial charge in [0.05, 0.1) is 11.6 Å². The smallest absolute Gasteiger partial charge is 0.252 e. The van der Waals surface area contributed by atoms with Gasteiger partial charge in [0.1, 0.15) is 11.6 Å². The van der Waals surface area contributed by atoms with Crippen LogP contribution in [0.15, 0.2) is 30.6 Å². The van der Waals surface area contributed by atoms with Crippen molar-refractivity contribution in [2.24, 2.45) is 0 Å². The Morgan fingerprint density at radius 2 is 1.94 bits per heavy atom. The molecule has 1 aliphatic rings. The van der Waals surface area contributed by atoms with E-state index in [1.165, 1.54) is 16.8 Å². The largest absolute Gasteiger partial charge is 0.301 e. The van der Waals surface area contributed by atoms with E-state index >= 15 is 0 Å². The van der Waals surface area contributed by atoms with Crippen LogP contribution in [0.1, 0.15) is 49.2 Å². The van der Waals surface area contributed by atoms with E-state index in [0.717, 1.165) is 0 Å². The zero-order valence-corrected chi connectivity index (χ0v) is 17.2. The molecule has 0 saturated heterocycles. The Balaban J connectivity index is 1.61. The monoisotopic (exact) mass is 437 g/mol. The molecule has 4 rings (SSSR count). The normalized spacial score (nSPS) is 18.0. The summed E-state index contributed by atoms with van der Waals surface area (Å²) < 4.78 is 58.7. The van der Waals surface area contributed by atoms with Gasteiger partial charge in [-0.25, -0.2) is 22.2 Å². The van der Waals surface area contributed by atoms with Gasteiger partial charge < -0.3 is 5.32 Å². The number of nitrogens with zero attached hydrogens (tertiary/aromatic N) is 6. The molecular formula is C20H23F4N7. The van der Waals surface area contributed by atoms with Gasteiger partial charge in [-0.05, 0) is 54.5 Å². The van der Waals surface area contributed by atoms with Crippen molar-refractivity contribution in [3.8, 4) is 0 Å². The number of aryl methyl sites for hydroxylation is 2. The highest BCUT2D eigenvalue weighted by Gasteiger charge is 2.49. The standard InChI is InChI=1S/C20H23F4N7/c1-13-8-16(21)15(17(22)9-13)12-25-19(2,4-7-30-6-3-5-26-30)18-27-28-29-31(18)14-10-20(23,24)11-14/h3,5-6,8-9,14,25H,4,7,10-12H2,1-2H3. The Labute approximate surface area is 176 Å². The minimum atomic E-state index is -2.74. The number of hydrogen-bond acceptors (Lipinski definition) is 5. The summed E-state index contributed by atoms with van der Waals surface area (Å²) >= 11 is 0. The molecule has 0 radical (unpaired) electrons. The lowest BCUT2D eigenvalue weighted by Gasteiger charge is -2.37. The lowest BCUT2D eigenvalue weighted by molar-refractivity contribution is -0.108. The van der Waals surface area contributed by atoms with Crippen LogP contribution in [0, 0.1) is 18.6 Å². The van der Waals surface area contributed by atoms with Gasteiger partial charge in [0.2, 0.25) is 0 Å². The van der Waals surface area contributed by atoms with E-state index in [9.17, 15) is 17.6 Å². The van der Waals surface area contributed by atoms with Crippen LogP contribution in [0.25, 0.3) is 0 Å². The fourth-order valence-corrected chi connectivity index (χ4v) is 3.84.